The number of hydrogen-bond acceptors (Lipinski definition) is 4. The van der Waals surface area contributed by atoms with Crippen LogP contribution in [0, 0.1) is 0 Å². The minimum Gasteiger partial charge on any atom is -0.345 e. The maximum atomic E-state index is 11.0. The van der Waals surface area contributed by atoms with E-state index in [1.165, 1.54) is 22.7 Å². The number of nitrogens with one attached hydrogen (secondary N) is 1. The van der Waals surface area contributed by atoms with E-state index in [2.05, 4.69) is 58.3 Å². The second-order valence-corrected chi connectivity index (χ2v) is 6.09. The summed E-state index contributed by atoms with van der Waals surface area (Å²) < 4.78 is 2.23. The van der Waals surface area contributed by atoms with Crippen molar-refractivity contribution in [3.8, 4) is 0 Å². The molecule has 3 rings (SSSR count). The summed E-state index contributed by atoms with van der Waals surface area (Å²) in [6.07, 6.45) is 3.80. The van der Waals surface area contributed by atoms with Crippen LogP contribution >= 0.6 is 11.8 Å². The number of carbonyl (C=O) groups is 1. The third-order valence-corrected chi connectivity index (χ3v) is 4.11. The summed E-state index contributed by atoms with van der Waals surface area (Å²) in [5.74, 6) is 0.396. The first kappa shape index (κ1) is 13.9. The third-order valence-electron chi connectivity index (χ3n) is 3.25. The summed E-state index contributed by atoms with van der Waals surface area (Å²) in [6, 6.07) is 8.71. The van der Waals surface area contributed by atoms with Crippen LogP contribution in [0.15, 0.2) is 40.7 Å². The molecule has 1 aliphatic rings. The molecule has 0 aliphatic carbocycles. The van der Waals surface area contributed by atoms with Gasteiger partial charge in [0.1, 0.15) is 0 Å². The number of hydrogen-bond donors (Lipinski definition) is 1. The Labute approximate surface area is 127 Å². The Bertz CT molecular complexity index is 745. The van der Waals surface area contributed by atoms with Crippen LogP contribution in [-0.4, -0.2) is 27.6 Å². The van der Waals surface area contributed by atoms with E-state index >= 15 is 0 Å². The van der Waals surface area contributed by atoms with Crippen molar-refractivity contribution in [2.75, 3.05) is 5.75 Å². The van der Waals surface area contributed by atoms with Crippen molar-refractivity contribution in [2.45, 2.75) is 19.9 Å². The monoisotopic (exact) mass is 300 g/mol. The SMILES string of the molecule is CC(C)n1ccc2ccc(C=NN=C3NC(=O)CS3)cc21. The fourth-order valence-corrected chi connectivity index (χ4v) is 2.85. The lowest BCUT2D eigenvalue weighted by Gasteiger charge is -2.09. The van der Waals surface area contributed by atoms with Crippen LogP contribution in [0.1, 0.15) is 25.5 Å². The summed E-state index contributed by atoms with van der Waals surface area (Å²) in [4.78, 5) is 11.0. The molecule has 0 saturated carbocycles. The highest BCUT2D eigenvalue weighted by Gasteiger charge is 2.15. The Balaban J connectivity index is 1.84. The van der Waals surface area contributed by atoms with Gasteiger partial charge in [0.25, 0.3) is 0 Å². The number of fused-ring (bicyclic) bond motifs is 1. The smallest absolute Gasteiger partial charge is 0.236 e. The second kappa shape index (κ2) is 5.73. The average molecular weight is 300 g/mol. The molecule has 0 unspecified atom stereocenters. The molecule has 6 heteroatoms. The summed E-state index contributed by atoms with van der Waals surface area (Å²) in [6.45, 7) is 4.32. The number of carbonyl (C=O) groups excluding carboxylic acids is 1. The molecule has 0 radical (unpaired) electrons. The Kier molecular flexibility index (Phi) is 3.79. The molecule has 2 heterocycles. The second-order valence-electron chi connectivity index (χ2n) is 5.12. The molecule has 1 aromatic heterocycles. The number of amides is 1. The number of aromatic nitrogens is 1. The van der Waals surface area contributed by atoms with E-state index < -0.39 is 0 Å². The zero-order valence-corrected chi connectivity index (χ0v) is 12.7. The Morgan fingerprint density at radius 3 is 2.95 bits per heavy atom. The molecule has 1 amide bonds. The zero-order chi connectivity index (χ0) is 14.8. The van der Waals surface area contributed by atoms with E-state index in [0.717, 1.165) is 5.56 Å². The fraction of sp³-hybridized carbons (Fsp3) is 0.267. The molecule has 0 bridgehead atoms. The molecule has 108 valence electrons. The van der Waals surface area contributed by atoms with Gasteiger partial charge >= 0.3 is 0 Å². The normalized spacial score (nSPS) is 17.5. The van der Waals surface area contributed by atoms with E-state index in [-0.39, 0.29) is 5.91 Å². The first-order chi connectivity index (χ1) is 10.1. The highest BCUT2D eigenvalue weighted by atomic mass is 32.2. The minimum absolute atomic E-state index is 0.0230. The van der Waals surface area contributed by atoms with Crippen molar-refractivity contribution in [3.63, 3.8) is 0 Å². The van der Waals surface area contributed by atoms with Gasteiger partial charge < -0.3 is 9.88 Å². The predicted molar refractivity (Wildman–Crippen MR) is 88.0 cm³/mol. The van der Waals surface area contributed by atoms with Gasteiger partial charge in [0.15, 0.2) is 5.17 Å². The van der Waals surface area contributed by atoms with E-state index in [0.29, 0.717) is 17.0 Å². The van der Waals surface area contributed by atoms with Gasteiger partial charge in [-0.05, 0) is 36.9 Å². The number of rotatable bonds is 3. The van der Waals surface area contributed by atoms with Gasteiger partial charge in [-0.25, -0.2) is 0 Å². The largest absolute Gasteiger partial charge is 0.345 e. The molecule has 1 fully saturated rings. The molecule has 1 aliphatic heterocycles. The highest BCUT2D eigenvalue weighted by molar-refractivity contribution is 8.15. The van der Waals surface area contributed by atoms with Crippen LogP contribution in [0.25, 0.3) is 10.9 Å². The first-order valence-electron chi connectivity index (χ1n) is 6.78. The minimum atomic E-state index is -0.0230. The van der Waals surface area contributed by atoms with E-state index in [1.807, 2.05) is 6.07 Å². The number of amidine groups is 1. The number of nitrogens with zero attached hydrogens (tertiary/aromatic N) is 3. The van der Waals surface area contributed by atoms with E-state index in [9.17, 15) is 4.79 Å². The Morgan fingerprint density at radius 2 is 2.24 bits per heavy atom. The van der Waals surface area contributed by atoms with Crippen molar-refractivity contribution in [2.24, 2.45) is 10.2 Å². The van der Waals surface area contributed by atoms with Crippen LogP contribution < -0.4 is 5.32 Å². The summed E-state index contributed by atoms with van der Waals surface area (Å²) in [5.41, 5.74) is 2.17. The van der Waals surface area contributed by atoms with Crippen molar-refractivity contribution >= 4 is 40.0 Å². The standard InChI is InChI=1S/C15H16N4OS/c1-10(2)19-6-5-12-4-3-11(7-13(12)19)8-16-18-15-17-14(20)9-21-15/h3-8,10H,9H2,1-2H3,(H,17,18,20). The lowest BCUT2D eigenvalue weighted by atomic mass is 10.2. The molecular formula is C15H16N4OS. The molecule has 21 heavy (non-hydrogen) atoms. The fourth-order valence-electron chi connectivity index (χ4n) is 2.22. The summed E-state index contributed by atoms with van der Waals surface area (Å²) in [5, 5.41) is 12.5. The van der Waals surface area contributed by atoms with Crippen LogP contribution in [-0.2, 0) is 4.79 Å². The lowest BCUT2D eigenvalue weighted by Crippen LogP contribution is -2.19. The quantitative estimate of drug-likeness (QED) is 0.700. The van der Waals surface area contributed by atoms with Gasteiger partial charge in [-0.15, -0.1) is 5.10 Å². The van der Waals surface area contributed by atoms with Gasteiger partial charge in [0.05, 0.1) is 12.0 Å². The van der Waals surface area contributed by atoms with Crippen LogP contribution in [0.4, 0.5) is 0 Å². The van der Waals surface area contributed by atoms with Crippen molar-refractivity contribution in [1.29, 1.82) is 0 Å². The predicted octanol–water partition coefficient (Wildman–Crippen LogP) is 2.78. The maximum Gasteiger partial charge on any atom is 0.236 e. The van der Waals surface area contributed by atoms with Gasteiger partial charge in [-0.3, -0.25) is 4.79 Å². The van der Waals surface area contributed by atoms with Crippen LogP contribution in [0.2, 0.25) is 0 Å². The summed E-state index contributed by atoms with van der Waals surface area (Å²) in [7, 11) is 0. The number of benzene rings is 1. The van der Waals surface area contributed by atoms with Crippen molar-refractivity contribution < 1.29 is 4.79 Å². The Morgan fingerprint density at radius 1 is 1.38 bits per heavy atom. The molecule has 0 spiro atoms. The molecular weight excluding hydrogens is 284 g/mol. The van der Waals surface area contributed by atoms with E-state index in [4.69, 9.17) is 0 Å². The molecule has 2 aromatic rings. The van der Waals surface area contributed by atoms with E-state index in [1.54, 1.807) is 6.21 Å². The third kappa shape index (κ3) is 3.00. The van der Waals surface area contributed by atoms with Gasteiger partial charge in [-0.1, -0.05) is 23.9 Å². The van der Waals surface area contributed by atoms with Crippen LogP contribution in [0.3, 0.4) is 0 Å². The Hall–Kier alpha value is -2.08. The zero-order valence-electron chi connectivity index (χ0n) is 11.9. The summed E-state index contributed by atoms with van der Waals surface area (Å²) >= 11 is 1.37. The van der Waals surface area contributed by atoms with Crippen LogP contribution in [0.5, 0.6) is 0 Å². The molecule has 1 aromatic carbocycles. The topological polar surface area (TPSA) is 58.8 Å². The van der Waals surface area contributed by atoms with Gasteiger partial charge in [-0.2, -0.15) is 5.10 Å². The van der Waals surface area contributed by atoms with Crippen molar-refractivity contribution in [1.82, 2.24) is 9.88 Å². The lowest BCUT2D eigenvalue weighted by molar-refractivity contribution is -0.116. The molecule has 1 N–H and O–H groups in total. The maximum absolute atomic E-state index is 11.0. The highest BCUT2D eigenvalue weighted by Crippen LogP contribution is 2.20. The molecule has 1 saturated heterocycles. The van der Waals surface area contributed by atoms with Gasteiger partial charge in [0.2, 0.25) is 5.91 Å². The first-order valence-corrected chi connectivity index (χ1v) is 7.76. The average Bonchev–Trinajstić information content (AvgIpc) is 3.04. The van der Waals surface area contributed by atoms with Crippen molar-refractivity contribution in [3.05, 3.63) is 36.0 Å². The number of thioether (sulfide) groups is 1. The molecule has 0 atom stereocenters. The van der Waals surface area contributed by atoms with Gasteiger partial charge in [0, 0.05) is 17.8 Å². The molecule has 5 nitrogen and oxygen atoms in total.